The summed E-state index contributed by atoms with van der Waals surface area (Å²) in [6.45, 7) is 4.86. The van der Waals surface area contributed by atoms with Crippen molar-refractivity contribution in [3.63, 3.8) is 0 Å². The average molecular weight is 317 g/mol. The van der Waals surface area contributed by atoms with Gasteiger partial charge in [0, 0.05) is 31.7 Å². The maximum atomic E-state index is 12.0. The Morgan fingerprint density at radius 2 is 1.83 bits per heavy atom. The fourth-order valence-corrected chi connectivity index (χ4v) is 2.67. The van der Waals surface area contributed by atoms with Gasteiger partial charge in [-0.2, -0.15) is 0 Å². The number of hydrogen-bond acceptors (Lipinski definition) is 3. The Labute approximate surface area is 138 Å². The number of carbonyl (C=O) groups excluding carboxylic acids is 2. The first kappa shape index (κ1) is 17.3. The first-order valence-corrected chi connectivity index (χ1v) is 8.56. The van der Waals surface area contributed by atoms with Crippen molar-refractivity contribution in [2.24, 2.45) is 0 Å². The Kier molecular flexibility index (Phi) is 6.91. The van der Waals surface area contributed by atoms with Gasteiger partial charge in [0.1, 0.15) is 0 Å². The van der Waals surface area contributed by atoms with Crippen LogP contribution in [0.4, 0.5) is 5.69 Å². The summed E-state index contributed by atoms with van der Waals surface area (Å²) in [5, 5.41) is 5.93. The number of likely N-dealkylation sites (tertiary alicyclic amines) is 1. The third kappa shape index (κ3) is 5.93. The number of nitrogens with one attached hydrogen (secondary N) is 2. The van der Waals surface area contributed by atoms with Gasteiger partial charge in [-0.15, -0.1) is 0 Å². The summed E-state index contributed by atoms with van der Waals surface area (Å²) >= 11 is 0. The van der Waals surface area contributed by atoms with E-state index in [9.17, 15) is 9.59 Å². The molecular weight excluding hydrogens is 290 g/mol. The van der Waals surface area contributed by atoms with Crippen LogP contribution in [0.3, 0.4) is 0 Å². The number of amides is 2. The molecule has 1 heterocycles. The minimum atomic E-state index is 0.00661. The van der Waals surface area contributed by atoms with Gasteiger partial charge in [0.15, 0.2) is 0 Å². The molecule has 1 saturated heterocycles. The Morgan fingerprint density at radius 1 is 1.13 bits per heavy atom. The van der Waals surface area contributed by atoms with Crippen molar-refractivity contribution >= 4 is 17.5 Å². The largest absolute Gasteiger partial charge is 0.376 e. The van der Waals surface area contributed by atoms with E-state index < -0.39 is 0 Å². The predicted octanol–water partition coefficient (Wildman–Crippen LogP) is 2.18. The Bertz CT molecular complexity index is 508. The zero-order valence-corrected chi connectivity index (χ0v) is 13.9. The van der Waals surface area contributed by atoms with Crippen LogP contribution < -0.4 is 10.6 Å². The van der Waals surface area contributed by atoms with Crippen molar-refractivity contribution in [3.05, 3.63) is 29.8 Å². The molecule has 2 amide bonds. The molecule has 23 heavy (non-hydrogen) atoms. The Hall–Kier alpha value is -2.04. The molecule has 0 saturated carbocycles. The van der Waals surface area contributed by atoms with E-state index in [1.54, 1.807) is 0 Å². The van der Waals surface area contributed by atoms with Gasteiger partial charge in [-0.3, -0.25) is 9.59 Å². The standard InChI is InChI=1S/C18H27N3O2/c1-2-11-19-17(22)14-20-16-8-5-15(6-9-16)7-10-18(23)21-12-3-4-13-21/h5-6,8-9,20H,2-4,7,10-14H2,1H3,(H,19,22). The van der Waals surface area contributed by atoms with E-state index in [2.05, 4.69) is 10.6 Å². The monoisotopic (exact) mass is 317 g/mol. The summed E-state index contributed by atoms with van der Waals surface area (Å²) in [5.41, 5.74) is 2.07. The molecular formula is C18H27N3O2. The smallest absolute Gasteiger partial charge is 0.239 e. The fraction of sp³-hybridized carbons (Fsp3) is 0.556. The lowest BCUT2D eigenvalue weighted by Gasteiger charge is -2.15. The molecule has 2 N–H and O–H groups in total. The normalized spacial score (nSPS) is 13.9. The zero-order valence-electron chi connectivity index (χ0n) is 13.9. The van der Waals surface area contributed by atoms with Crippen LogP contribution in [0.15, 0.2) is 24.3 Å². The molecule has 0 unspecified atom stereocenters. The lowest BCUT2D eigenvalue weighted by atomic mass is 10.1. The van der Waals surface area contributed by atoms with E-state index in [1.165, 1.54) is 0 Å². The summed E-state index contributed by atoms with van der Waals surface area (Å²) in [6, 6.07) is 7.96. The third-order valence-electron chi connectivity index (χ3n) is 4.07. The average Bonchev–Trinajstić information content (AvgIpc) is 3.11. The minimum Gasteiger partial charge on any atom is -0.376 e. The number of rotatable bonds is 8. The van der Waals surface area contributed by atoms with Gasteiger partial charge in [0.05, 0.1) is 6.54 Å². The summed E-state index contributed by atoms with van der Waals surface area (Å²) in [6.07, 6.45) is 4.56. The molecule has 1 fully saturated rings. The van der Waals surface area contributed by atoms with Crippen LogP contribution in [0.2, 0.25) is 0 Å². The third-order valence-corrected chi connectivity index (χ3v) is 4.07. The highest BCUT2D eigenvalue weighted by Crippen LogP contribution is 2.13. The van der Waals surface area contributed by atoms with E-state index in [1.807, 2.05) is 36.1 Å². The lowest BCUT2D eigenvalue weighted by Crippen LogP contribution is -2.30. The van der Waals surface area contributed by atoms with Gasteiger partial charge in [-0.05, 0) is 43.4 Å². The topological polar surface area (TPSA) is 61.4 Å². The maximum absolute atomic E-state index is 12.0. The van der Waals surface area contributed by atoms with Gasteiger partial charge in [-0.1, -0.05) is 19.1 Å². The van der Waals surface area contributed by atoms with Crippen LogP contribution >= 0.6 is 0 Å². The molecule has 1 aromatic carbocycles. The van der Waals surface area contributed by atoms with Gasteiger partial charge >= 0.3 is 0 Å². The molecule has 0 aromatic heterocycles. The Morgan fingerprint density at radius 3 is 2.48 bits per heavy atom. The molecule has 1 aromatic rings. The van der Waals surface area contributed by atoms with Crippen molar-refractivity contribution in [2.75, 3.05) is 31.5 Å². The molecule has 0 radical (unpaired) electrons. The van der Waals surface area contributed by atoms with Crippen molar-refractivity contribution in [3.8, 4) is 0 Å². The number of aryl methyl sites for hydroxylation is 1. The van der Waals surface area contributed by atoms with Crippen LogP contribution in [0.25, 0.3) is 0 Å². The molecule has 0 aliphatic carbocycles. The first-order chi connectivity index (χ1) is 11.2. The summed E-state index contributed by atoms with van der Waals surface area (Å²) in [5.74, 6) is 0.268. The Balaban J connectivity index is 1.71. The number of anilines is 1. The van der Waals surface area contributed by atoms with E-state index in [0.29, 0.717) is 13.0 Å². The quantitative estimate of drug-likeness (QED) is 0.772. The van der Waals surface area contributed by atoms with Crippen LogP contribution in [0.1, 0.15) is 38.2 Å². The second-order valence-corrected chi connectivity index (χ2v) is 5.99. The zero-order chi connectivity index (χ0) is 16.5. The highest BCUT2D eigenvalue weighted by molar-refractivity contribution is 5.80. The lowest BCUT2D eigenvalue weighted by molar-refractivity contribution is -0.130. The van der Waals surface area contributed by atoms with Crippen molar-refractivity contribution in [2.45, 2.75) is 39.0 Å². The molecule has 5 nitrogen and oxygen atoms in total. The van der Waals surface area contributed by atoms with E-state index in [4.69, 9.17) is 0 Å². The second-order valence-electron chi connectivity index (χ2n) is 5.99. The van der Waals surface area contributed by atoms with Gasteiger partial charge < -0.3 is 15.5 Å². The van der Waals surface area contributed by atoms with Crippen LogP contribution in [-0.4, -0.2) is 42.9 Å². The molecule has 0 bridgehead atoms. The SMILES string of the molecule is CCCNC(=O)CNc1ccc(CCC(=O)N2CCCC2)cc1. The molecule has 2 rings (SSSR count). The predicted molar refractivity (Wildman–Crippen MR) is 92.4 cm³/mol. The number of carbonyl (C=O) groups is 2. The van der Waals surface area contributed by atoms with Crippen LogP contribution in [0.5, 0.6) is 0 Å². The van der Waals surface area contributed by atoms with Crippen molar-refractivity contribution in [1.29, 1.82) is 0 Å². The summed E-state index contributed by atoms with van der Waals surface area (Å²) in [7, 11) is 0. The highest BCUT2D eigenvalue weighted by atomic mass is 16.2. The second kappa shape index (κ2) is 9.18. The fourth-order valence-electron chi connectivity index (χ4n) is 2.67. The van der Waals surface area contributed by atoms with E-state index in [0.717, 1.165) is 50.0 Å². The number of hydrogen-bond donors (Lipinski definition) is 2. The van der Waals surface area contributed by atoms with Crippen LogP contribution in [-0.2, 0) is 16.0 Å². The maximum Gasteiger partial charge on any atom is 0.239 e. The first-order valence-electron chi connectivity index (χ1n) is 8.56. The molecule has 0 spiro atoms. The number of nitrogens with zero attached hydrogens (tertiary/aromatic N) is 1. The van der Waals surface area contributed by atoms with Crippen LogP contribution in [0, 0.1) is 0 Å². The summed E-state index contributed by atoms with van der Waals surface area (Å²) < 4.78 is 0. The van der Waals surface area contributed by atoms with E-state index >= 15 is 0 Å². The molecule has 126 valence electrons. The highest BCUT2D eigenvalue weighted by Gasteiger charge is 2.17. The van der Waals surface area contributed by atoms with E-state index in [-0.39, 0.29) is 18.4 Å². The van der Waals surface area contributed by atoms with Crippen molar-refractivity contribution in [1.82, 2.24) is 10.2 Å². The van der Waals surface area contributed by atoms with Gasteiger partial charge in [0.2, 0.25) is 11.8 Å². The van der Waals surface area contributed by atoms with Gasteiger partial charge in [-0.25, -0.2) is 0 Å². The molecule has 0 atom stereocenters. The molecule has 1 aliphatic rings. The molecule has 1 aliphatic heterocycles. The number of benzene rings is 1. The minimum absolute atomic E-state index is 0.00661. The summed E-state index contributed by atoms with van der Waals surface area (Å²) in [4.78, 5) is 25.5. The van der Waals surface area contributed by atoms with Crippen molar-refractivity contribution < 1.29 is 9.59 Å². The van der Waals surface area contributed by atoms with Gasteiger partial charge in [0.25, 0.3) is 0 Å². The molecule has 5 heteroatoms.